The summed E-state index contributed by atoms with van der Waals surface area (Å²) in [5.41, 5.74) is 2.12. The highest BCUT2D eigenvalue weighted by Gasteiger charge is 2.11. The quantitative estimate of drug-likeness (QED) is 0.667. The first-order chi connectivity index (χ1) is 12.9. The highest BCUT2D eigenvalue weighted by atomic mass is 35.5. The van der Waals surface area contributed by atoms with Crippen molar-refractivity contribution in [3.63, 3.8) is 0 Å². The molecule has 0 atom stereocenters. The Hall–Kier alpha value is -2.99. The molecule has 1 amide bonds. The number of carbonyl (C=O) groups is 1. The molecule has 0 aliphatic carbocycles. The maximum absolute atomic E-state index is 12.2. The molecule has 0 aliphatic rings. The zero-order chi connectivity index (χ0) is 19.6. The fraction of sp³-hybridized carbons (Fsp3) is 0.200. The Balaban J connectivity index is 1.72. The molecule has 0 saturated carbocycles. The number of fused-ring (bicyclic) bond motifs is 1. The van der Waals surface area contributed by atoms with Gasteiger partial charge in [0.25, 0.3) is 5.91 Å². The van der Waals surface area contributed by atoms with Crippen LogP contribution >= 0.6 is 11.6 Å². The smallest absolute Gasteiger partial charge is 0.336 e. The molecule has 0 bridgehead atoms. The lowest BCUT2D eigenvalue weighted by molar-refractivity contribution is -0.118. The summed E-state index contributed by atoms with van der Waals surface area (Å²) >= 11 is 6.06. The van der Waals surface area contributed by atoms with Crippen LogP contribution in [-0.4, -0.2) is 19.6 Å². The summed E-state index contributed by atoms with van der Waals surface area (Å²) in [6.45, 7) is 3.44. The molecule has 3 aromatic rings. The predicted molar refractivity (Wildman–Crippen MR) is 104 cm³/mol. The number of benzene rings is 2. The van der Waals surface area contributed by atoms with Gasteiger partial charge in [0, 0.05) is 28.6 Å². The second-order valence-electron chi connectivity index (χ2n) is 6.04. The first kappa shape index (κ1) is 18.8. The van der Waals surface area contributed by atoms with Crippen LogP contribution in [0.1, 0.15) is 11.1 Å². The first-order valence-electron chi connectivity index (χ1n) is 8.18. The molecule has 1 aromatic heterocycles. The van der Waals surface area contributed by atoms with Crippen LogP contribution in [0, 0.1) is 13.8 Å². The summed E-state index contributed by atoms with van der Waals surface area (Å²) in [4.78, 5) is 23.7. The van der Waals surface area contributed by atoms with E-state index in [-0.39, 0.29) is 12.5 Å². The maximum atomic E-state index is 12.2. The van der Waals surface area contributed by atoms with Gasteiger partial charge in [-0.2, -0.15) is 0 Å². The fourth-order valence-electron chi connectivity index (χ4n) is 2.66. The molecule has 3 rings (SSSR count). The Morgan fingerprint density at radius 1 is 1.15 bits per heavy atom. The van der Waals surface area contributed by atoms with Crippen molar-refractivity contribution in [2.24, 2.45) is 0 Å². The highest BCUT2D eigenvalue weighted by Crippen LogP contribution is 2.31. The van der Waals surface area contributed by atoms with Crippen LogP contribution in [0.2, 0.25) is 5.02 Å². The number of amides is 1. The van der Waals surface area contributed by atoms with Crippen molar-refractivity contribution in [2.45, 2.75) is 13.8 Å². The minimum Gasteiger partial charge on any atom is -0.495 e. The topological polar surface area (TPSA) is 77.8 Å². The summed E-state index contributed by atoms with van der Waals surface area (Å²) in [5, 5.41) is 4.10. The average molecular weight is 388 g/mol. The Morgan fingerprint density at radius 3 is 2.67 bits per heavy atom. The monoisotopic (exact) mass is 387 g/mol. The minimum atomic E-state index is -0.430. The molecule has 27 heavy (non-hydrogen) atoms. The Morgan fingerprint density at radius 2 is 1.93 bits per heavy atom. The van der Waals surface area contributed by atoms with Gasteiger partial charge in [-0.1, -0.05) is 11.6 Å². The number of halogens is 1. The van der Waals surface area contributed by atoms with E-state index in [0.29, 0.717) is 27.8 Å². The van der Waals surface area contributed by atoms with Gasteiger partial charge in [0.15, 0.2) is 6.61 Å². The second-order valence-corrected chi connectivity index (χ2v) is 6.45. The molecule has 0 fully saturated rings. The lowest BCUT2D eigenvalue weighted by atomic mass is 10.1. The van der Waals surface area contributed by atoms with Gasteiger partial charge in [-0.25, -0.2) is 4.79 Å². The van der Waals surface area contributed by atoms with Crippen LogP contribution < -0.4 is 20.4 Å². The van der Waals surface area contributed by atoms with Crippen molar-refractivity contribution in [1.29, 1.82) is 0 Å². The van der Waals surface area contributed by atoms with Crippen molar-refractivity contribution in [3.8, 4) is 11.5 Å². The third-order valence-electron chi connectivity index (χ3n) is 4.05. The van der Waals surface area contributed by atoms with E-state index in [0.717, 1.165) is 16.5 Å². The molecular formula is C20H18ClNO5. The van der Waals surface area contributed by atoms with Crippen molar-refractivity contribution < 1.29 is 18.7 Å². The molecule has 0 unspecified atom stereocenters. The number of hydrogen-bond donors (Lipinski definition) is 1. The zero-order valence-corrected chi connectivity index (χ0v) is 15.8. The Kier molecular flexibility index (Phi) is 5.37. The van der Waals surface area contributed by atoms with Gasteiger partial charge in [0.1, 0.15) is 17.1 Å². The minimum absolute atomic E-state index is 0.216. The summed E-state index contributed by atoms with van der Waals surface area (Å²) < 4.78 is 15.9. The lowest BCUT2D eigenvalue weighted by Crippen LogP contribution is -2.20. The molecule has 1 N–H and O–H groups in total. The van der Waals surface area contributed by atoms with Crippen molar-refractivity contribution >= 4 is 34.2 Å². The van der Waals surface area contributed by atoms with E-state index in [1.165, 1.54) is 13.2 Å². The first-order valence-corrected chi connectivity index (χ1v) is 8.56. The highest BCUT2D eigenvalue weighted by molar-refractivity contribution is 6.31. The van der Waals surface area contributed by atoms with Gasteiger partial charge in [0.05, 0.1) is 12.8 Å². The van der Waals surface area contributed by atoms with Crippen LogP contribution in [0.5, 0.6) is 11.5 Å². The number of carbonyl (C=O) groups excluding carboxylic acids is 1. The Labute approximate surface area is 160 Å². The molecule has 0 radical (unpaired) electrons. The van der Waals surface area contributed by atoms with Crippen LogP contribution in [-0.2, 0) is 4.79 Å². The van der Waals surface area contributed by atoms with Crippen molar-refractivity contribution in [3.05, 3.63) is 63.0 Å². The van der Waals surface area contributed by atoms with Gasteiger partial charge >= 0.3 is 5.63 Å². The zero-order valence-electron chi connectivity index (χ0n) is 15.1. The van der Waals surface area contributed by atoms with E-state index in [4.69, 9.17) is 25.5 Å². The van der Waals surface area contributed by atoms with Crippen LogP contribution in [0.25, 0.3) is 11.0 Å². The third-order valence-corrected chi connectivity index (χ3v) is 4.45. The molecule has 0 spiro atoms. The fourth-order valence-corrected chi connectivity index (χ4v) is 2.81. The number of aryl methyl sites for hydroxylation is 2. The Bertz CT molecular complexity index is 1070. The lowest BCUT2D eigenvalue weighted by Gasteiger charge is -2.13. The number of ether oxygens (including phenoxy) is 2. The summed E-state index contributed by atoms with van der Waals surface area (Å²) in [6.07, 6.45) is 0. The SMILES string of the molecule is COc1cc(Cl)c(C)cc1NC(=O)COc1ccc2c(C)cc(=O)oc2c1. The van der Waals surface area contributed by atoms with Gasteiger partial charge in [-0.3, -0.25) is 4.79 Å². The standard InChI is InChI=1S/C20H18ClNO5/c1-11-7-20(24)27-17-8-13(4-5-14(11)17)26-10-19(23)22-16-6-12(2)15(21)9-18(16)25-3/h4-9H,10H2,1-3H3,(H,22,23). The van der Waals surface area contributed by atoms with E-state index in [1.54, 1.807) is 30.3 Å². The predicted octanol–water partition coefficient (Wildman–Crippen LogP) is 4.09. The van der Waals surface area contributed by atoms with E-state index in [2.05, 4.69) is 5.32 Å². The van der Waals surface area contributed by atoms with E-state index in [9.17, 15) is 9.59 Å². The van der Waals surface area contributed by atoms with Crippen LogP contribution in [0.3, 0.4) is 0 Å². The second kappa shape index (κ2) is 7.72. The summed E-state index contributed by atoms with van der Waals surface area (Å²) in [6, 6.07) is 9.89. The molecule has 140 valence electrons. The normalized spacial score (nSPS) is 10.7. The van der Waals surface area contributed by atoms with Crippen LogP contribution in [0.4, 0.5) is 5.69 Å². The summed E-state index contributed by atoms with van der Waals surface area (Å²) in [7, 11) is 1.50. The average Bonchev–Trinajstić information content (AvgIpc) is 2.62. The van der Waals surface area contributed by atoms with E-state index in [1.807, 2.05) is 13.8 Å². The molecule has 1 heterocycles. The maximum Gasteiger partial charge on any atom is 0.336 e. The van der Waals surface area contributed by atoms with Crippen LogP contribution in [0.15, 0.2) is 45.6 Å². The van der Waals surface area contributed by atoms with E-state index >= 15 is 0 Å². The van der Waals surface area contributed by atoms with Gasteiger partial charge in [0.2, 0.25) is 0 Å². The number of methoxy groups -OCH3 is 1. The molecule has 0 saturated heterocycles. The van der Waals surface area contributed by atoms with Crippen molar-refractivity contribution in [2.75, 3.05) is 19.0 Å². The third kappa shape index (κ3) is 4.23. The number of nitrogens with one attached hydrogen (secondary N) is 1. The van der Waals surface area contributed by atoms with Crippen molar-refractivity contribution in [1.82, 2.24) is 0 Å². The molecule has 0 aliphatic heterocycles. The summed E-state index contributed by atoms with van der Waals surface area (Å²) in [5.74, 6) is 0.522. The van der Waals surface area contributed by atoms with Gasteiger partial charge in [-0.05, 0) is 43.2 Å². The number of rotatable bonds is 5. The number of anilines is 1. The molecule has 2 aromatic carbocycles. The molecular weight excluding hydrogens is 370 g/mol. The van der Waals surface area contributed by atoms with Gasteiger partial charge < -0.3 is 19.2 Å². The van der Waals surface area contributed by atoms with Gasteiger partial charge in [-0.15, -0.1) is 0 Å². The number of hydrogen-bond acceptors (Lipinski definition) is 5. The largest absolute Gasteiger partial charge is 0.495 e. The molecule has 6 nitrogen and oxygen atoms in total. The molecule has 7 heteroatoms. The van der Waals surface area contributed by atoms with E-state index < -0.39 is 5.63 Å².